The van der Waals surface area contributed by atoms with Crippen molar-refractivity contribution < 1.29 is 4.79 Å². The van der Waals surface area contributed by atoms with Crippen molar-refractivity contribution in [1.82, 2.24) is 14.3 Å². The Hall–Kier alpha value is -2.10. The minimum atomic E-state index is 0.244. The molecular weight excluding hydrogens is 238 g/mol. The second kappa shape index (κ2) is 4.88. The number of fused-ring (bicyclic) bond motifs is 1. The average molecular weight is 255 g/mol. The molecule has 0 aromatic carbocycles. The van der Waals surface area contributed by atoms with E-state index in [1.165, 1.54) is 5.56 Å². The zero-order valence-electron chi connectivity index (χ0n) is 10.8. The molecule has 1 atom stereocenters. The molecule has 0 radical (unpaired) electrons. The van der Waals surface area contributed by atoms with Crippen molar-refractivity contribution >= 4 is 11.6 Å². The largest absolute Gasteiger partial charge is 0.342 e. The molecule has 4 heteroatoms. The van der Waals surface area contributed by atoms with E-state index in [1.807, 2.05) is 27.6 Å². The van der Waals surface area contributed by atoms with Gasteiger partial charge in [0, 0.05) is 44.0 Å². The summed E-state index contributed by atoms with van der Waals surface area (Å²) in [6.07, 6.45) is 9.18. The highest BCUT2D eigenvalue weighted by molar-refractivity contribution is 5.79. The lowest BCUT2D eigenvalue weighted by Crippen LogP contribution is -2.27. The van der Waals surface area contributed by atoms with E-state index in [0.29, 0.717) is 12.3 Å². The molecule has 1 amide bonds. The Morgan fingerprint density at radius 1 is 1.47 bits per heavy atom. The summed E-state index contributed by atoms with van der Waals surface area (Å²) >= 11 is 0. The van der Waals surface area contributed by atoms with E-state index in [2.05, 4.69) is 23.8 Å². The van der Waals surface area contributed by atoms with Gasteiger partial charge in [0.25, 0.3) is 0 Å². The van der Waals surface area contributed by atoms with Crippen molar-refractivity contribution in [2.75, 3.05) is 13.1 Å². The third-order valence-electron chi connectivity index (χ3n) is 3.70. The Bertz CT molecular complexity index is 617. The average Bonchev–Trinajstić information content (AvgIpc) is 3.02. The molecule has 3 rings (SSSR count). The van der Waals surface area contributed by atoms with E-state index < -0.39 is 0 Å². The quantitative estimate of drug-likeness (QED) is 0.783. The number of carbonyl (C=O) groups excluding carboxylic acids is 1. The Morgan fingerprint density at radius 2 is 2.37 bits per heavy atom. The number of imidazole rings is 1. The normalized spacial score (nSPS) is 19.3. The number of nitrogens with zero attached hydrogens (tertiary/aromatic N) is 3. The molecule has 1 aliphatic rings. The lowest BCUT2D eigenvalue weighted by Gasteiger charge is -2.15. The first-order valence-electron chi connectivity index (χ1n) is 6.58. The lowest BCUT2D eigenvalue weighted by molar-refractivity contribution is -0.127. The number of aromatic nitrogens is 2. The number of pyridine rings is 1. The van der Waals surface area contributed by atoms with Gasteiger partial charge in [0.15, 0.2) is 0 Å². The van der Waals surface area contributed by atoms with Crippen molar-refractivity contribution in [2.24, 2.45) is 5.92 Å². The van der Waals surface area contributed by atoms with Crippen LogP contribution in [0, 0.1) is 5.92 Å². The number of rotatable bonds is 4. The number of amides is 1. The van der Waals surface area contributed by atoms with Gasteiger partial charge >= 0.3 is 0 Å². The minimum Gasteiger partial charge on any atom is -0.342 e. The fourth-order valence-electron chi connectivity index (χ4n) is 2.55. The van der Waals surface area contributed by atoms with Gasteiger partial charge < -0.3 is 9.30 Å². The van der Waals surface area contributed by atoms with Gasteiger partial charge in [0.05, 0.1) is 0 Å². The fourth-order valence-corrected chi connectivity index (χ4v) is 2.55. The zero-order chi connectivity index (χ0) is 13.2. The van der Waals surface area contributed by atoms with E-state index in [1.54, 1.807) is 6.20 Å². The van der Waals surface area contributed by atoms with Crippen LogP contribution in [0.4, 0.5) is 0 Å². The topological polar surface area (TPSA) is 37.6 Å². The highest BCUT2D eigenvalue weighted by atomic mass is 16.2. The van der Waals surface area contributed by atoms with E-state index >= 15 is 0 Å². The van der Waals surface area contributed by atoms with Crippen LogP contribution >= 0.6 is 0 Å². The SMILES string of the molecule is C=CC1CC(=O)N(CCc2ccc3nccn3c2)C1. The first-order chi connectivity index (χ1) is 9.26. The molecule has 2 aromatic rings. The van der Waals surface area contributed by atoms with Crippen LogP contribution < -0.4 is 0 Å². The molecule has 19 heavy (non-hydrogen) atoms. The van der Waals surface area contributed by atoms with Crippen molar-refractivity contribution in [3.63, 3.8) is 0 Å². The summed E-state index contributed by atoms with van der Waals surface area (Å²) in [5.41, 5.74) is 2.17. The maximum Gasteiger partial charge on any atom is 0.223 e. The maximum absolute atomic E-state index is 11.8. The Kier molecular flexibility index (Phi) is 3.07. The van der Waals surface area contributed by atoms with Crippen LogP contribution in [0.2, 0.25) is 0 Å². The second-order valence-corrected chi connectivity index (χ2v) is 5.02. The predicted molar refractivity (Wildman–Crippen MR) is 73.8 cm³/mol. The molecule has 0 spiro atoms. The molecule has 3 heterocycles. The monoisotopic (exact) mass is 255 g/mol. The molecule has 1 unspecified atom stereocenters. The van der Waals surface area contributed by atoms with Crippen LogP contribution in [0.1, 0.15) is 12.0 Å². The standard InChI is InChI=1S/C15H17N3O/c1-2-12-9-15(19)18(10-12)7-5-13-3-4-14-16-6-8-17(14)11-13/h2-4,6,8,11-12H,1,5,7,9-10H2. The third kappa shape index (κ3) is 2.38. The van der Waals surface area contributed by atoms with Crippen LogP contribution in [-0.2, 0) is 11.2 Å². The van der Waals surface area contributed by atoms with Gasteiger partial charge in [-0.3, -0.25) is 4.79 Å². The molecule has 0 aliphatic carbocycles. The molecule has 2 aromatic heterocycles. The van der Waals surface area contributed by atoms with E-state index in [4.69, 9.17) is 0 Å². The van der Waals surface area contributed by atoms with Crippen molar-refractivity contribution in [2.45, 2.75) is 12.8 Å². The molecule has 0 bridgehead atoms. The minimum absolute atomic E-state index is 0.244. The van der Waals surface area contributed by atoms with Gasteiger partial charge in [0.1, 0.15) is 5.65 Å². The van der Waals surface area contributed by atoms with Gasteiger partial charge in [-0.05, 0) is 18.1 Å². The highest BCUT2D eigenvalue weighted by Crippen LogP contribution is 2.18. The summed E-state index contributed by atoms with van der Waals surface area (Å²) < 4.78 is 2.01. The van der Waals surface area contributed by atoms with Crippen LogP contribution in [0.25, 0.3) is 5.65 Å². The number of hydrogen-bond donors (Lipinski definition) is 0. The van der Waals surface area contributed by atoms with Gasteiger partial charge in [-0.25, -0.2) is 4.98 Å². The van der Waals surface area contributed by atoms with Crippen LogP contribution in [-0.4, -0.2) is 33.3 Å². The summed E-state index contributed by atoms with van der Waals surface area (Å²) in [5, 5.41) is 0. The zero-order valence-corrected chi connectivity index (χ0v) is 10.8. The second-order valence-electron chi connectivity index (χ2n) is 5.02. The summed E-state index contributed by atoms with van der Waals surface area (Å²) in [7, 11) is 0. The number of hydrogen-bond acceptors (Lipinski definition) is 2. The first-order valence-corrected chi connectivity index (χ1v) is 6.58. The predicted octanol–water partition coefficient (Wildman–Crippen LogP) is 1.91. The maximum atomic E-state index is 11.8. The lowest BCUT2D eigenvalue weighted by atomic mass is 10.1. The number of carbonyl (C=O) groups is 1. The summed E-state index contributed by atoms with van der Waals surface area (Å²) in [6, 6.07) is 4.08. The van der Waals surface area contributed by atoms with Crippen molar-refractivity contribution in [3.05, 3.63) is 48.9 Å². The van der Waals surface area contributed by atoms with Crippen molar-refractivity contribution in [1.29, 1.82) is 0 Å². The first kappa shape index (κ1) is 12.0. The smallest absolute Gasteiger partial charge is 0.223 e. The van der Waals surface area contributed by atoms with Crippen molar-refractivity contribution in [3.8, 4) is 0 Å². The molecule has 1 aliphatic heterocycles. The molecule has 98 valence electrons. The van der Waals surface area contributed by atoms with Crippen LogP contribution in [0.15, 0.2) is 43.4 Å². The van der Waals surface area contributed by atoms with Gasteiger partial charge in [-0.15, -0.1) is 6.58 Å². The molecule has 1 fully saturated rings. The van der Waals surface area contributed by atoms with Crippen LogP contribution in [0.5, 0.6) is 0 Å². The van der Waals surface area contributed by atoms with Gasteiger partial charge in [-0.2, -0.15) is 0 Å². The third-order valence-corrected chi connectivity index (χ3v) is 3.70. The van der Waals surface area contributed by atoms with Gasteiger partial charge in [0.2, 0.25) is 5.91 Å². The molecule has 0 saturated carbocycles. The Balaban J connectivity index is 1.65. The van der Waals surface area contributed by atoms with E-state index in [-0.39, 0.29) is 5.91 Å². The van der Waals surface area contributed by atoms with E-state index in [9.17, 15) is 4.79 Å². The fraction of sp³-hybridized carbons (Fsp3) is 0.333. The van der Waals surface area contributed by atoms with Gasteiger partial charge in [-0.1, -0.05) is 12.1 Å². The summed E-state index contributed by atoms with van der Waals surface area (Å²) in [5.74, 6) is 0.567. The highest BCUT2D eigenvalue weighted by Gasteiger charge is 2.26. The van der Waals surface area contributed by atoms with Crippen LogP contribution in [0.3, 0.4) is 0 Å². The molecule has 4 nitrogen and oxygen atoms in total. The Labute approximate surface area is 112 Å². The molecule has 0 N–H and O–H groups in total. The Morgan fingerprint density at radius 3 is 3.16 bits per heavy atom. The van der Waals surface area contributed by atoms with E-state index in [0.717, 1.165) is 25.2 Å². The number of likely N-dealkylation sites (tertiary alicyclic amines) is 1. The molecular formula is C15H17N3O. The summed E-state index contributed by atoms with van der Waals surface area (Å²) in [6.45, 7) is 5.37. The summed E-state index contributed by atoms with van der Waals surface area (Å²) in [4.78, 5) is 18.0. The molecule has 1 saturated heterocycles.